The van der Waals surface area contributed by atoms with Gasteiger partial charge in [-0.3, -0.25) is 9.59 Å². The Morgan fingerprint density at radius 3 is 2.50 bits per heavy atom. The Kier molecular flexibility index (Phi) is 5.19. The van der Waals surface area contributed by atoms with Gasteiger partial charge in [-0.05, 0) is 25.0 Å². The van der Waals surface area contributed by atoms with Crippen molar-refractivity contribution in [3.63, 3.8) is 0 Å². The van der Waals surface area contributed by atoms with E-state index in [1.54, 1.807) is 0 Å². The molecule has 0 saturated heterocycles. The first kappa shape index (κ1) is 15.6. The van der Waals surface area contributed by atoms with Crippen LogP contribution in [-0.4, -0.2) is 34.1 Å². The summed E-state index contributed by atoms with van der Waals surface area (Å²) in [7, 11) is 0. The van der Waals surface area contributed by atoms with Crippen LogP contribution in [0.3, 0.4) is 0 Å². The molecule has 1 aromatic carbocycles. The molecule has 0 fully saturated rings. The molecule has 0 bridgehead atoms. The van der Waals surface area contributed by atoms with E-state index in [-0.39, 0.29) is 17.5 Å². The number of amides is 1. The molecule has 0 radical (unpaired) electrons. The maximum atomic E-state index is 13.7. The Hall–Kier alpha value is -2.44. The van der Waals surface area contributed by atoms with Crippen molar-refractivity contribution >= 4 is 17.8 Å². The van der Waals surface area contributed by atoms with E-state index in [1.807, 2.05) is 0 Å². The number of benzene rings is 1. The highest BCUT2D eigenvalue weighted by molar-refractivity contribution is 5.97. The fourth-order valence-corrected chi connectivity index (χ4v) is 1.58. The molecule has 108 valence electrons. The summed E-state index contributed by atoms with van der Waals surface area (Å²) in [5.41, 5.74) is -0.0124. The standard InChI is InChI=1S/C13H14FNO5/c1-7-3-2-4-8(11(7)14)12(18)15-9(13(19)20)5-6-10(16)17/h2-4,9H,5-6H2,1H3,(H,15,18)(H,16,17)(H,19,20). The van der Waals surface area contributed by atoms with Gasteiger partial charge in [0.25, 0.3) is 5.91 Å². The molecule has 1 amide bonds. The molecular formula is C13H14FNO5. The lowest BCUT2D eigenvalue weighted by molar-refractivity contribution is -0.140. The number of carboxylic acid groups (broad SMARTS) is 2. The van der Waals surface area contributed by atoms with Crippen LogP contribution in [0.15, 0.2) is 18.2 Å². The van der Waals surface area contributed by atoms with Crippen molar-refractivity contribution in [2.45, 2.75) is 25.8 Å². The second-order valence-electron chi connectivity index (χ2n) is 4.23. The monoisotopic (exact) mass is 283 g/mol. The zero-order chi connectivity index (χ0) is 15.3. The summed E-state index contributed by atoms with van der Waals surface area (Å²) in [6, 6.07) is 2.80. The molecule has 1 atom stereocenters. The lowest BCUT2D eigenvalue weighted by Gasteiger charge is -2.14. The van der Waals surface area contributed by atoms with Crippen molar-refractivity contribution in [3.05, 3.63) is 35.1 Å². The Balaban J connectivity index is 2.83. The van der Waals surface area contributed by atoms with Crippen molar-refractivity contribution in [1.82, 2.24) is 5.32 Å². The number of hydrogen-bond donors (Lipinski definition) is 3. The summed E-state index contributed by atoms with van der Waals surface area (Å²) in [4.78, 5) is 33.2. The predicted molar refractivity (Wildman–Crippen MR) is 66.9 cm³/mol. The maximum absolute atomic E-state index is 13.7. The topological polar surface area (TPSA) is 104 Å². The van der Waals surface area contributed by atoms with Crippen LogP contribution in [0.4, 0.5) is 4.39 Å². The quantitative estimate of drug-likeness (QED) is 0.727. The van der Waals surface area contributed by atoms with Crippen LogP contribution in [0.5, 0.6) is 0 Å². The average molecular weight is 283 g/mol. The lowest BCUT2D eigenvalue weighted by Crippen LogP contribution is -2.41. The van der Waals surface area contributed by atoms with Crippen molar-refractivity contribution in [2.75, 3.05) is 0 Å². The van der Waals surface area contributed by atoms with E-state index in [4.69, 9.17) is 10.2 Å². The summed E-state index contributed by atoms with van der Waals surface area (Å²) < 4.78 is 13.7. The number of carbonyl (C=O) groups excluding carboxylic acids is 1. The summed E-state index contributed by atoms with van der Waals surface area (Å²) in [6.07, 6.45) is -0.683. The largest absolute Gasteiger partial charge is 0.481 e. The molecule has 1 aromatic rings. The number of aryl methyl sites for hydroxylation is 1. The normalized spacial score (nSPS) is 11.7. The minimum absolute atomic E-state index is 0.259. The maximum Gasteiger partial charge on any atom is 0.326 e. The fourth-order valence-electron chi connectivity index (χ4n) is 1.58. The zero-order valence-electron chi connectivity index (χ0n) is 10.7. The SMILES string of the molecule is Cc1cccc(C(=O)NC(CCC(=O)O)C(=O)O)c1F. The minimum atomic E-state index is -1.38. The smallest absolute Gasteiger partial charge is 0.326 e. The third-order valence-electron chi connectivity index (χ3n) is 2.69. The van der Waals surface area contributed by atoms with Gasteiger partial charge in [-0.25, -0.2) is 9.18 Å². The Bertz CT molecular complexity index is 544. The lowest BCUT2D eigenvalue weighted by atomic mass is 10.1. The summed E-state index contributed by atoms with van der Waals surface area (Å²) in [5, 5.41) is 19.5. The number of carbonyl (C=O) groups is 3. The highest BCUT2D eigenvalue weighted by Crippen LogP contribution is 2.12. The zero-order valence-corrected chi connectivity index (χ0v) is 10.7. The minimum Gasteiger partial charge on any atom is -0.481 e. The average Bonchev–Trinajstić information content (AvgIpc) is 2.36. The van der Waals surface area contributed by atoms with Gasteiger partial charge in [0.15, 0.2) is 0 Å². The van der Waals surface area contributed by atoms with E-state index in [0.29, 0.717) is 0 Å². The van der Waals surface area contributed by atoms with Gasteiger partial charge in [0, 0.05) is 6.42 Å². The molecule has 0 aliphatic carbocycles. The van der Waals surface area contributed by atoms with Crippen molar-refractivity contribution in [2.24, 2.45) is 0 Å². The van der Waals surface area contributed by atoms with Crippen molar-refractivity contribution < 1.29 is 29.0 Å². The number of hydrogen-bond acceptors (Lipinski definition) is 3. The van der Waals surface area contributed by atoms with E-state index in [2.05, 4.69) is 5.32 Å². The van der Waals surface area contributed by atoms with Crippen LogP contribution in [0.1, 0.15) is 28.8 Å². The molecule has 20 heavy (non-hydrogen) atoms. The van der Waals surface area contributed by atoms with E-state index in [9.17, 15) is 18.8 Å². The van der Waals surface area contributed by atoms with Crippen LogP contribution in [0, 0.1) is 12.7 Å². The molecule has 0 aromatic heterocycles. The van der Waals surface area contributed by atoms with Gasteiger partial charge in [0.1, 0.15) is 11.9 Å². The van der Waals surface area contributed by atoms with Gasteiger partial charge in [0.2, 0.25) is 0 Å². The number of carboxylic acids is 2. The predicted octanol–water partition coefficient (Wildman–Crippen LogP) is 1.18. The Morgan fingerprint density at radius 2 is 1.95 bits per heavy atom. The fraction of sp³-hybridized carbons (Fsp3) is 0.308. The molecule has 0 spiro atoms. The van der Waals surface area contributed by atoms with Crippen LogP contribution in [-0.2, 0) is 9.59 Å². The molecule has 3 N–H and O–H groups in total. The van der Waals surface area contributed by atoms with Crippen molar-refractivity contribution in [1.29, 1.82) is 0 Å². The van der Waals surface area contributed by atoms with Crippen LogP contribution in [0.2, 0.25) is 0 Å². The number of rotatable bonds is 6. The first-order valence-corrected chi connectivity index (χ1v) is 5.83. The Morgan fingerprint density at radius 1 is 1.30 bits per heavy atom. The third-order valence-corrected chi connectivity index (χ3v) is 2.69. The summed E-state index contributed by atoms with van der Waals surface area (Å²) in [5.74, 6) is -4.16. The van der Waals surface area contributed by atoms with Crippen LogP contribution >= 0.6 is 0 Å². The van der Waals surface area contributed by atoms with E-state index < -0.39 is 36.1 Å². The second-order valence-corrected chi connectivity index (χ2v) is 4.23. The molecular weight excluding hydrogens is 269 g/mol. The van der Waals surface area contributed by atoms with Crippen LogP contribution in [0.25, 0.3) is 0 Å². The highest BCUT2D eigenvalue weighted by Gasteiger charge is 2.23. The van der Waals surface area contributed by atoms with Gasteiger partial charge >= 0.3 is 11.9 Å². The van der Waals surface area contributed by atoms with Gasteiger partial charge in [0.05, 0.1) is 5.56 Å². The van der Waals surface area contributed by atoms with Gasteiger partial charge in [-0.15, -0.1) is 0 Å². The van der Waals surface area contributed by atoms with Crippen LogP contribution < -0.4 is 5.32 Å². The van der Waals surface area contributed by atoms with Gasteiger partial charge in [-0.1, -0.05) is 12.1 Å². The molecule has 0 aliphatic rings. The first-order valence-electron chi connectivity index (χ1n) is 5.83. The van der Waals surface area contributed by atoms with E-state index >= 15 is 0 Å². The molecule has 1 rings (SSSR count). The number of aliphatic carboxylic acids is 2. The second kappa shape index (κ2) is 6.65. The Labute approximate surface area is 114 Å². The summed E-state index contributed by atoms with van der Waals surface area (Å²) >= 11 is 0. The number of nitrogens with one attached hydrogen (secondary N) is 1. The first-order chi connectivity index (χ1) is 9.32. The van der Waals surface area contributed by atoms with Gasteiger partial charge < -0.3 is 15.5 Å². The third kappa shape index (κ3) is 4.04. The summed E-state index contributed by atoms with van der Waals surface area (Å²) in [6.45, 7) is 1.48. The molecule has 6 nitrogen and oxygen atoms in total. The molecule has 7 heteroatoms. The molecule has 0 saturated carbocycles. The molecule has 0 aliphatic heterocycles. The van der Waals surface area contributed by atoms with E-state index in [1.165, 1.54) is 25.1 Å². The molecule has 1 unspecified atom stereocenters. The van der Waals surface area contributed by atoms with E-state index in [0.717, 1.165) is 0 Å². The highest BCUT2D eigenvalue weighted by atomic mass is 19.1. The van der Waals surface area contributed by atoms with Gasteiger partial charge in [-0.2, -0.15) is 0 Å². The van der Waals surface area contributed by atoms with Crippen molar-refractivity contribution in [3.8, 4) is 0 Å². The molecule has 0 heterocycles. The number of halogens is 1.